The molecule has 0 saturated heterocycles. The summed E-state index contributed by atoms with van der Waals surface area (Å²) in [5, 5.41) is 0. The van der Waals surface area contributed by atoms with Crippen molar-refractivity contribution >= 4 is 0 Å². The van der Waals surface area contributed by atoms with E-state index in [1.807, 2.05) is 0 Å². The van der Waals surface area contributed by atoms with Crippen molar-refractivity contribution in [1.82, 2.24) is 0 Å². The summed E-state index contributed by atoms with van der Waals surface area (Å²) >= 11 is 2.69. The summed E-state index contributed by atoms with van der Waals surface area (Å²) in [7, 11) is 0. The Balaban J connectivity index is -0.000000000833. The third-order valence-electron chi connectivity index (χ3n) is 0. The Morgan fingerprint density at radius 1 is 0.667 bits per heavy atom. The second-order valence-electron chi connectivity index (χ2n) is 0. The molecule has 4 nitrogen and oxygen atoms in total. The first-order valence-corrected chi connectivity index (χ1v) is 0.470. The fourth-order valence-corrected chi connectivity index (χ4v) is 0. The van der Waals surface area contributed by atoms with Gasteiger partial charge >= 0.3 is 20.0 Å². The zero-order valence-electron chi connectivity index (χ0n) is 2.68. The Morgan fingerprint density at radius 2 is 0.667 bits per heavy atom. The van der Waals surface area contributed by atoms with E-state index in [1.54, 1.807) is 0 Å². The molecule has 0 aliphatic carbocycles. The van der Waals surface area contributed by atoms with Crippen LogP contribution in [0.2, 0.25) is 0 Å². The summed E-state index contributed by atoms with van der Waals surface area (Å²) in [5.41, 5.74) is 0. The predicted molar refractivity (Wildman–Crippen MR) is 15.6 cm³/mol. The average Bonchev–Trinajstić information content (AvgIpc) is 1.00. The molecule has 0 spiro atoms. The van der Waals surface area contributed by atoms with Gasteiger partial charge in [-0.3, -0.25) is 0 Å². The fraction of sp³-hybridized carbons (Fsp3) is 0. The standard InChI is InChI=1S/Cu.FH.4H2O/h;1H;4*1H2/q+1;;;;;/p-1. The van der Waals surface area contributed by atoms with Crippen molar-refractivity contribution in [3.05, 3.63) is 0 Å². The molecule has 50 valence electrons. The van der Waals surface area contributed by atoms with E-state index < -0.39 is 0 Å². The molecule has 0 aliphatic heterocycles. The summed E-state index contributed by atoms with van der Waals surface area (Å²) < 4.78 is 9.06. The second kappa shape index (κ2) is 1160. The monoisotopic (exact) mass is 154 g/mol. The predicted octanol–water partition coefficient (Wildman–Crippen LogP) is -2.88. The van der Waals surface area contributed by atoms with Gasteiger partial charge in [0.15, 0.2) is 0 Å². The van der Waals surface area contributed by atoms with Crippen molar-refractivity contribution in [3.8, 4) is 0 Å². The van der Waals surface area contributed by atoms with Gasteiger partial charge in [-0.15, -0.1) is 0 Å². The molecule has 0 aromatic heterocycles. The third kappa shape index (κ3) is 554. The second-order valence-corrected chi connectivity index (χ2v) is 0. The van der Waals surface area contributed by atoms with E-state index in [2.05, 4.69) is 16.5 Å². The average molecular weight is 155 g/mol. The van der Waals surface area contributed by atoms with Crippen LogP contribution in [0.5, 0.6) is 0 Å². The van der Waals surface area contributed by atoms with E-state index in [0.29, 0.717) is 0 Å². The van der Waals surface area contributed by atoms with Crippen molar-refractivity contribution in [1.29, 1.82) is 0 Å². The van der Waals surface area contributed by atoms with E-state index in [4.69, 9.17) is 3.55 Å². The summed E-state index contributed by atoms with van der Waals surface area (Å²) in [6.07, 6.45) is 0. The first-order valence-electron chi connectivity index (χ1n) is 0.114. The van der Waals surface area contributed by atoms with E-state index in [-0.39, 0.29) is 21.9 Å². The summed E-state index contributed by atoms with van der Waals surface area (Å²) in [4.78, 5) is 0. The molecule has 0 aromatic carbocycles. The molecule has 6 heavy (non-hydrogen) atoms. The zero-order chi connectivity index (χ0) is 2.00. The van der Waals surface area contributed by atoms with Gasteiger partial charge in [0.2, 0.25) is 0 Å². The molecule has 6 heteroatoms. The molecule has 0 amide bonds. The maximum absolute atomic E-state index is 9.06. The van der Waals surface area contributed by atoms with Crippen LogP contribution >= 0.6 is 0 Å². The molecular formula is H8CuFO4. The Bertz CT molecular complexity index is 7.51. The summed E-state index contributed by atoms with van der Waals surface area (Å²) in [6.45, 7) is 0. The zero-order valence-corrected chi connectivity index (χ0v) is 3.62. The van der Waals surface area contributed by atoms with E-state index in [1.165, 1.54) is 0 Å². The molecule has 0 saturated carbocycles. The van der Waals surface area contributed by atoms with E-state index >= 15 is 0 Å². The Hall–Kier alpha value is 0.289. The van der Waals surface area contributed by atoms with Gasteiger partial charge in [0.05, 0.1) is 0 Å². The molecular weight excluding hydrogens is 147 g/mol. The van der Waals surface area contributed by atoms with E-state index in [9.17, 15) is 0 Å². The molecule has 0 aromatic rings. The molecule has 0 fully saturated rings. The molecule has 0 aliphatic rings. The first kappa shape index (κ1) is 106. The summed E-state index contributed by atoms with van der Waals surface area (Å²) in [5.74, 6) is 0. The van der Waals surface area contributed by atoms with Crippen LogP contribution in [-0.4, -0.2) is 21.9 Å². The molecule has 0 unspecified atom stereocenters. The van der Waals surface area contributed by atoms with Gasteiger partial charge in [-0.1, -0.05) is 0 Å². The van der Waals surface area contributed by atoms with Gasteiger partial charge < -0.3 is 21.9 Å². The number of hydrogen-bond acceptors (Lipinski definition) is 0. The van der Waals surface area contributed by atoms with Crippen molar-refractivity contribution in [3.63, 3.8) is 0 Å². The van der Waals surface area contributed by atoms with Crippen LogP contribution in [0.25, 0.3) is 0 Å². The maximum atomic E-state index is 9.06. The number of halogens is 1. The Kier molecular flexibility index (Phi) is 20500. The summed E-state index contributed by atoms with van der Waals surface area (Å²) in [6, 6.07) is 0. The Morgan fingerprint density at radius 3 is 0.667 bits per heavy atom. The van der Waals surface area contributed by atoms with Gasteiger partial charge in [-0.05, 0) is 0 Å². The van der Waals surface area contributed by atoms with Gasteiger partial charge in [0, 0.05) is 0 Å². The van der Waals surface area contributed by atoms with Crippen LogP contribution in [-0.2, 0) is 16.5 Å². The quantitative estimate of drug-likeness (QED) is 0.332. The van der Waals surface area contributed by atoms with Crippen molar-refractivity contribution in [2.24, 2.45) is 0 Å². The topological polar surface area (TPSA) is 126 Å². The van der Waals surface area contributed by atoms with Gasteiger partial charge in [-0.25, -0.2) is 0 Å². The SMILES string of the molecule is O.O.O.O.[F][Cu]. The van der Waals surface area contributed by atoms with Gasteiger partial charge in [0.25, 0.3) is 0 Å². The van der Waals surface area contributed by atoms with Gasteiger partial charge in [0.1, 0.15) is 0 Å². The van der Waals surface area contributed by atoms with E-state index in [0.717, 1.165) is 0 Å². The Labute approximate surface area is 42.9 Å². The van der Waals surface area contributed by atoms with Crippen molar-refractivity contribution in [2.75, 3.05) is 0 Å². The van der Waals surface area contributed by atoms with Crippen molar-refractivity contribution in [2.45, 2.75) is 0 Å². The number of rotatable bonds is 0. The number of hydrogen-bond donors (Lipinski definition) is 0. The van der Waals surface area contributed by atoms with Gasteiger partial charge in [-0.2, -0.15) is 0 Å². The molecule has 0 rings (SSSR count). The normalized spacial score (nSPS) is 1.17. The molecule has 0 bridgehead atoms. The minimum absolute atomic E-state index is 0. The third-order valence-corrected chi connectivity index (χ3v) is 0. The molecule has 0 atom stereocenters. The molecule has 0 radical (unpaired) electrons. The van der Waals surface area contributed by atoms with Crippen LogP contribution in [0.1, 0.15) is 0 Å². The van der Waals surface area contributed by atoms with Crippen LogP contribution < -0.4 is 0 Å². The van der Waals surface area contributed by atoms with Crippen LogP contribution in [0, 0.1) is 0 Å². The fourth-order valence-electron chi connectivity index (χ4n) is 0. The molecule has 0 heterocycles. The van der Waals surface area contributed by atoms with Crippen LogP contribution in [0.15, 0.2) is 0 Å². The molecule has 8 N–H and O–H groups in total. The first-order chi connectivity index (χ1) is 1.00. The van der Waals surface area contributed by atoms with Crippen LogP contribution in [0.4, 0.5) is 3.55 Å². The minimum atomic E-state index is 0. The van der Waals surface area contributed by atoms with Crippen molar-refractivity contribution < 1.29 is 41.9 Å². The van der Waals surface area contributed by atoms with Crippen LogP contribution in [0.3, 0.4) is 0 Å².